The van der Waals surface area contributed by atoms with Gasteiger partial charge in [0.15, 0.2) is 0 Å². The van der Waals surface area contributed by atoms with Crippen LogP contribution in [0.3, 0.4) is 0 Å². The van der Waals surface area contributed by atoms with Gasteiger partial charge in [-0.25, -0.2) is 0 Å². The van der Waals surface area contributed by atoms with E-state index in [0.29, 0.717) is 12.8 Å². The van der Waals surface area contributed by atoms with Crippen molar-refractivity contribution in [1.82, 2.24) is 5.32 Å². The Morgan fingerprint density at radius 3 is 2.59 bits per heavy atom. The number of fused-ring (bicyclic) bond motifs is 3. The van der Waals surface area contributed by atoms with E-state index in [1.807, 2.05) is 18.2 Å². The second-order valence-electron chi connectivity index (χ2n) is 9.88. The highest BCUT2D eigenvalue weighted by Crippen LogP contribution is 2.47. The summed E-state index contributed by atoms with van der Waals surface area (Å²) in [7, 11) is 0. The molecule has 5 rings (SSSR count). The zero-order valence-corrected chi connectivity index (χ0v) is 18.6. The molecule has 4 aliphatic rings. The number of nitrogens with one attached hydrogen (secondary N) is 2. The molecule has 1 aromatic rings. The van der Waals surface area contributed by atoms with Gasteiger partial charge in [-0.15, -0.1) is 0 Å². The van der Waals surface area contributed by atoms with E-state index in [9.17, 15) is 14.7 Å². The van der Waals surface area contributed by atoms with Crippen LogP contribution in [0.25, 0.3) is 0 Å². The Kier molecular flexibility index (Phi) is 6.37. The molecule has 174 valence electrons. The van der Waals surface area contributed by atoms with Crippen LogP contribution in [0.1, 0.15) is 75.7 Å². The lowest BCUT2D eigenvalue weighted by atomic mass is 9.83. The maximum Gasteiger partial charge on any atom is 0.227 e. The van der Waals surface area contributed by atoms with Crippen molar-refractivity contribution in [2.24, 2.45) is 5.92 Å². The highest BCUT2D eigenvalue weighted by molar-refractivity contribution is 5.93. The van der Waals surface area contributed by atoms with Crippen molar-refractivity contribution < 1.29 is 24.2 Å². The van der Waals surface area contributed by atoms with Crippen molar-refractivity contribution in [3.63, 3.8) is 0 Å². The van der Waals surface area contributed by atoms with E-state index in [4.69, 9.17) is 9.47 Å². The predicted molar refractivity (Wildman–Crippen MR) is 120 cm³/mol. The van der Waals surface area contributed by atoms with Crippen LogP contribution in [0, 0.1) is 5.92 Å². The molecule has 1 saturated heterocycles. The third kappa shape index (κ3) is 4.50. The highest BCUT2D eigenvalue weighted by Gasteiger charge is 2.46. The fourth-order valence-electron chi connectivity index (χ4n) is 5.62. The molecule has 2 aliphatic heterocycles. The Balaban J connectivity index is 1.26. The normalized spacial score (nSPS) is 29.9. The molecule has 32 heavy (non-hydrogen) atoms. The number of amides is 2. The smallest absolute Gasteiger partial charge is 0.227 e. The molecular formula is C25H34N2O5. The summed E-state index contributed by atoms with van der Waals surface area (Å²) in [5, 5.41) is 16.1. The van der Waals surface area contributed by atoms with Gasteiger partial charge in [-0.1, -0.05) is 25.7 Å². The van der Waals surface area contributed by atoms with Crippen molar-refractivity contribution in [2.45, 2.75) is 94.5 Å². The number of aliphatic hydroxyl groups excluding tert-OH is 1. The van der Waals surface area contributed by atoms with Gasteiger partial charge in [0, 0.05) is 29.1 Å². The molecule has 7 heteroatoms. The zero-order chi connectivity index (χ0) is 22.1. The van der Waals surface area contributed by atoms with Crippen molar-refractivity contribution in [3.05, 3.63) is 23.8 Å². The molecule has 2 heterocycles. The van der Waals surface area contributed by atoms with Crippen molar-refractivity contribution in [1.29, 1.82) is 0 Å². The van der Waals surface area contributed by atoms with Gasteiger partial charge in [-0.05, 0) is 50.3 Å². The molecule has 0 radical (unpaired) electrons. The van der Waals surface area contributed by atoms with Crippen LogP contribution in [-0.2, 0) is 14.3 Å². The number of aliphatic hydroxyl groups is 1. The second-order valence-corrected chi connectivity index (χ2v) is 9.88. The number of benzene rings is 1. The molecule has 0 aromatic heterocycles. The van der Waals surface area contributed by atoms with Crippen LogP contribution < -0.4 is 15.4 Å². The van der Waals surface area contributed by atoms with Gasteiger partial charge in [0.25, 0.3) is 0 Å². The van der Waals surface area contributed by atoms with Gasteiger partial charge in [0.05, 0.1) is 19.1 Å². The molecule has 0 unspecified atom stereocenters. The van der Waals surface area contributed by atoms with Crippen LogP contribution in [0.5, 0.6) is 5.75 Å². The third-order valence-corrected chi connectivity index (χ3v) is 7.63. The van der Waals surface area contributed by atoms with Gasteiger partial charge in [-0.2, -0.15) is 0 Å². The zero-order valence-electron chi connectivity index (χ0n) is 18.6. The Bertz CT molecular complexity index is 849. The van der Waals surface area contributed by atoms with Gasteiger partial charge in [-0.3, -0.25) is 9.59 Å². The number of carbonyl (C=O) groups is 2. The minimum Gasteiger partial charge on any atom is -0.487 e. The predicted octanol–water partition coefficient (Wildman–Crippen LogP) is 3.26. The number of hydrogen-bond acceptors (Lipinski definition) is 5. The first-order valence-electron chi connectivity index (χ1n) is 12.3. The largest absolute Gasteiger partial charge is 0.487 e. The molecule has 0 spiro atoms. The van der Waals surface area contributed by atoms with Gasteiger partial charge < -0.3 is 25.2 Å². The van der Waals surface area contributed by atoms with E-state index < -0.39 is 6.10 Å². The number of ether oxygens (including phenoxy) is 2. The molecule has 2 aliphatic carbocycles. The van der Waals surface area contributed by atoms with Gasteiger partial charge >= 0.3 is 0 Å². The summed E-state index contributed by atoms with van der Waals surface area (Å²) in [5.41, 5.74) is 1.81. The van der Waals surface area contributed by atoms with E-state index in [1.54, 1.807) is 0 Å². The first kappa shape index (κ1) is 21.7. The standard InChI is InChI=1S/C25H34N2O5/c28-14-22-24-20(12-18(31-22)13-23(29)26-16-7-2-1-3-8-16)19-11-17(9-10-21(19)32-24)27-25(30)15-5-4-6-15/h9-11,15-16,18,20,22,24,28H,1-8,12-14H2,(H,26,29)(H,27,30)/t18-,20+,22-,24-/m0/s1. The first-order chi connectivity index (χ1) is 15.6. The number of carbonyl (C=O) groups excluding carboxylic acids is 2. The molecule has 3 fully saturated rings. The quantitative estimate of drug-likeness (QED) is 0.628. The lowest BCUT2D eigenvalue weighted by Gasteiger charge is -2.37. The SMILES string of the molecule is O=C(C[C@@H]1C[C@@H]2c3cc(NC(=O)C4CCC4)ccc3O[C@@H]2[C@H](CO)O1)NC1CCCCC1. The van der Waals surface area contributed by atoms with Crippen LogP contribution >= 0.6 is 0 Å². The summed E-state index contributed by atoms with van der Waals surface area (Å²) in [6.07, 6.45) is 8.71. The lowest BCUT2D eigenvalue weighted by Crippen LogP contribution is -2.48. The molecule has 2 saturated carbocycles. The fourth-order valence-corrected chi connectivity index (χ4v) is 5.62. The highest BCUT2D eigenvalue weighted by atomic mass is 16.6. The van der Waals surface area contributed by atoms with Crippen LogP contribution in [0.2, 0.25) is 0 Å². The summed E-state index contributed by atoms with van der Waals surface area (Å²) >= 11 is 0. The summed E-state index contributed by atoms with van der Waals surface area (Å²) in [4.78, 5) is 25.0. The molecule has 2 amide bonds. The summed E-state index contributed by atoms with van der Waals surface area (Å²) in [6.45, 7) is -0.152. The monoisotopic (exact) mass is 442 g/mol. The minimum absolute atomic E-state index is 0.0256. The lowest BCUT2D eigenvalue weighted by molar-refractivity contribution is -0.142. The van der Waals surface area contributed by atoms with Crippen molar-refractivity contribution in [2.75, 3.05) is 11.9 Å². The Morgan fingerprint density at radius 2 is 1.88 bits per heavy atom. The Hall–Kier alpha value is -2.12. The maximum absolute atomic E-state index is 12.7. The second kappa shape index (κ2) is 9.40. The van der Waals surface area contributed by atoms with Crippen LogP contribution in [-0.4, -0.2) is 47.9 Å². The summed E-state index contributed by atoms with van der Waals surface area (Å²) in [6, 6.07) is 6.04. The fraction of sp³-hybridized carbons (Fsp3) is 0.680. The van der Waals surface area contributed by atoms with Gasteiger partial charge in [0.2, 0.25) is 11.8 Å². The topological polar surface area (TPSA) is 96.9 Å². The van der Waals surface area contributed by atoms with E-state index in [0.717, 1.165) is 49.1 Å². The van der Waals surface area contributed by atoms with Crippen LogP contribution in [0.15, 0.2) is 18.2 Å². The number of anilines is 1. The van der Waals surface area contributed by atoms with Crippen molar-refractivity contribution >= 4 is 17.5 Å². The molecule has 0 bridgehead atoms. The molecule has 3 N–H and O–H groups in total. The number of hydrogen-bond donors (Lipinski definition) is 3. The molecule has 1 aromatic carbocycles. The summed E-state index contributed by atoms with van der Waals surface area (Å²) < 4.78 is 12.2. The van der Waals surface area contributed by atoms with E-state index in [2.05, 4.69) is 10.6 Å². The van der Waals surface area contributed by atoms with Crippen molar-refractivity contribution in [3.8, 4) is 5.75 Å². The van der Waals surface area contributed by atoms with E-state index in [1.165, 1.54) is 19.3 Å². The number of rotatable bonds is 6. The van der Waals surface area contributed by atoms with Crippen LogP contribution in [0.4, 0.5) is 5.69 Å². The van der Waals surface area contributed by atoms with E-state index >= 15 is 0 Å². The Morgan fingerprint density at radius 1 is 1.06 bits per heavy atom. The Labute approximate surface area is 189 Å². The first-order valence-corrected chi connectivity index (χ1v) is 12.3. The van der Waals surface area contributed by atoms with Gasteiger partial charge in [0.1, 0.15) is 18.0 Å². The average Bonchev–Trinajstić information content (AvgIpc) is 3.10. The minimum atomic E-state index is -0.471. The summed E-state index contributed by atoms with van der Waals surface area (Å²) in [5.74, 6) is 1.04. The molecule has 4 atom stereocenters. The average molecular weight is 443 g/mol. The molecule has 7 nitrogen and oxygen atoms in total. The van der Waals surface area contributed by atoms with E-state index in [-0.39, 0.29) is 48.5 Å². The maximum atomic E-state index is 12.7. The third-order valence-electron chi connectivity index (χ3n) is 7.63. The molecular weight excluding hydrogens is 408 g/mol.